The van der Waals surface area contributed by atoms with Gasteiger partial charge in [0.05, 0.1) is 11.6 Å². The molecule has 1 aliphatic heterocycles. The zero-order valence-corrected chi connectivity index (χ0v) is 12.2. The molecule has 0 saturated carbocycles. The van der Waals surface area contributed by atoms with Crippen LogP contribution in [0.5, 0.6) is 0 Å². The summed E-state index contributed by atoms with van der Waals surface area (Å²) in [6, 6.07) is 11.0. The Morgan fingerprint density at radius 3 is 2.68 bits per heavy atom. The summed E-state index contributed by atoms with van der Waals surface area (Å²) in [6.45, 7) is 2.23. The predicted octanol–water partition coefficient (Wildman–Crippen LogP) is 2.01. The molecule has 1 amide bonds. The normalized spacial score (nSPS) is 21.0. The lowest BCUT2D eigenvalue weighted by atomic mass is 10.0. The molecule has 0 radical (unpaired) electrons. The molecule has 2 atom stereocenters. The van der Waals surface area contributed by atoms with Gasteiger partial charge in [0, 0.05) is 18.2 Å². The van der Waals surface area contributed by atoms with Crippen LogP contribution in [-0.2, 0) is 4.79 Å². The van der Waals surface area contributed by atoms with Crippen molar-refractivity contribution in [2.24, 2.45) is 5.92 Å². The summed E-state index contributed by atoms with van der Waals surface area (Å²) in [4.78, 5) is 25.3. The number of H-pyrrole nitrogens is 1. The smallest absolute Gasteiger partial charge is 0.308 e. The Balaban J connectivity index is 1.79. The minimum Gasteiger partial charge on any atom is -0.481 e. The first kappa shape index (κ1) is 14.3. The first-order valence-corrected chi connectivity index (χ1v) is 7.22. The molecule has 0 bridgehead atoms. The van der Waals surface area contributed by atoms with Gasteiger partial charge in [0.25, 0.3) is 5.91 Å². The van der Waals surface area contributed by atoms with E-state index in [1.807, 2.05) is 30.3 Å². The number of likely N-dealkylation sites (tertiary alicyclic amines) is 1. The molecule has 1 fully saturated rings. The third-order valence-corrected chi connectivity index (χ3v) is 4.21. The van der Waals surface area contributed by atoms with Crippen LogP contribution in [0.1, 0.15) is 23.8 Å². The number of aromatic nitrogens is 2. The highest BCUT2D eigenvalue weighted by Gasteiger charge is 2.38. The van der Waals surface area contributed by atoms with Crippen LogP contribution in [0.4, 0.5) is 0 Å². The van der Waals surface area contributed by atoms with Gasteiger partial charge in [0.2, 0.25) is 0 Å². The maximum Gasteiger partial charge on any atom is 0.308 e. The molecular formula is C16H17N3O3. The van der Waals surface area contributed by atoms with Gasteiger partial charge in [-0.15, -0.1) is 0 Å². The number of aromatic amines is 1. The second-order valence-electron chi connectivity index (χ2n) is 5.51. The van der Waals surface area contributed by atoms with E-state index in [-0.39, 0.29) is 11.9 Å². The minimum atomic E-state index is -0.850. The van der Waals surface area contributed by atoms with Gasteiger partial charge < -0.3 is 10.0 Å². The molecule has 1 saturated heterocycles. The molecule has 1 aliphatic rings. The van der Waals surface area contributed by atoms with Gasteiger partial charge in [-0.2, -0.15) is 5.10 Å². The van der Waals surface area contributed by atoms with Gasteiger partial charge in [-0.1, -0.05) is 30.3 Å². The topological polar surface area (TPSA) is 86.3 Å². The molecular weight excluding hydrogens is 282 g/mol. The van der Waals surface area contributed by atoms with Crippen LogP contribution in [0.15, 0.2) is 36.4 Å². The maximum absolute atomic E-state index is 12.5. The van der Waals surface area contributed by atoms with Gasteiger partial charge in [-0.3, -0.25) is 14.7 Å². The number of aliphatic carboxylic acids is 1. The van der Waals surface area contributed by atoms with Gasteiger partial charge in [0.15, 0.2) is 0 Å². The van der Waals surface area contributed by atoms with Crippen molar-refractivity contribution in [1.29, 1.82) is 0 Å². The van der Waals surface area contributed by atoms with E-state index in [4.69, 9.17) is 5.11 Å². The third-order valence-electron chi connectivity index (χ3n) is 4.21. The Kier molecular flexibility index (Phi) is 3.66. The van der Waals surface area contributed by atoms with E-state index in [1.165, 1.54) is 0 Å². The third kappa shape index (κ3) is 2.47. The van der Waals surface area contributed by atoms with E-state index >= 15 is 0 Å². The summed E-state index contributed by atoms with van der Waals surface area (Å²) in [5.74, 6) is -1.55. The molecule has 2 unspecified atom stereocenters. The van der Waals surface area contributed by atoms with E-state index in [0.717, 1.165) is 5.56 Å². The predicted molar refractivity (Wildman–Crippen MR) is 80.3 cm³/mol. The Morgan fingerprint density at radius 1 is 1.32 bits per heavy atom. The van der Waals surface area contributed by atoms with E-state index in [2.05, 4.69) is 10.2 Å². The lowest BCUT2D eigenvalue weighted by molar-refractivity contribution is -0.142. The van der Waals surface area contributed by atoms with Gasteiger partial charge in [0.1, 0.15) is 5.69 Å². The van der Waals surface area contributed by atoms with Crippen LogP contribution in [0.2, 0.25) is 0 Å². The number of nitrogens with one attached hydrogen (secondary N) is 1. The summed E-state index contributed by atoms with van der Waals surface area (Å²) in [6.07, 6.45) is 0.488. The lowest BCUT2D eigenvalue weighted by Gasteiger charge is -2.22. The molecule has 22 heavy (non-hydrogen) atoms. The van der Waals surface area contributed by atoms with Crippen molar-refractivity contribution < 1.29 is 14.7 Å². The Morgan fingerprint density at radius 2 is 2.05 bits per heavy atom. The maximum atomic E-state index is 12.5. The van der Waals surface area contributed by atoms with Crippen molar-refractivity contribution in [2.45, 2.75) is 19.4 Å². The Hall–Kier alpha value is -2.63. The number of carboxylic acid groups (broad SMARTS) is 1. The molecule has 1 aromatic carbocycles. The fourth-order valence-corrected chi connectivity index (χ4v) is 2.90. The summed E-state index contributed by atoms with van der Waals surface area (Å²) >= 11 is 0. The number of rotatable bonds is 3. The number of hydrogen-bond acceptors (Lipinski definition) is 3. The van der Waals surface area contributed by atoms with Crippen LogP contribution in [0.25, 0.3) is 11.3 Å². The van der Waals surface area contributed by atoms with Crippen LogP contribution >= 0.6 is 0 Å². The van der Waals surface area contributed by atoms with Crippen LogP contribution in [0.3, 0.4) is 0 Å². The number of nitrogens with zero attached hydrogens (tertiary/aromatic N) is 2. The monoisotopic (exact) mass is 299 g/mol. The SMILES string of the molecule is CC1C(C(=O)O)CCN1C(=O)c1cc(-c2ccccc2)n[nH]1. The molecule has 2 aromatic rings. The molecule has 6 nitrogen and oxygen atoms in total. The largest absolute Gasteiger partial charge is 0.481 e. The van der Waals surface area contributed by atoms with E-state index in [1.54, 1.807) is 17.9 Å². The Labute approximate surface area is 127 Å². The van der Waals surface area contributed by atoms with Crippen molar-refractivity contribution in [3.63, 3.8) is 0 Å². The standard InChI is InChI=1S/C16H17N3O3/c1-10-12(16(21)22)7-8-19(10)15(20)14-9-13(17-18-14)11-5-3-2-4-6-11/h2-6,9-10,12H,7-8H2,1H3,(H,17,18)(H,21,22). The van der Waals surface area contributed by atoms with E-state index < -0.39 is 11.9 Å². The van der Waals surface area contributed by atoms with Crippen molar-refractivity contribution in [2.75, 3.05) is 6.54 Å². The number of carboxylic acids is 1. The number of carbonyl (C=O) groups excluding carboxylic acids is 1. The molecule has 2 N–H and O–H groups in total. The van der Waals surface area contributed by atoms with Crippen molar-refractivity contribution in [3.05, 3.63) is 42.1 Å². The van der Waals surface area contributed by atoms with Gasteiger partial charge >= 0.3 is 5.97 Å². The van der Waals surface area contributed by atoms with E-state index in [0.29, 0.717) is 24.4 Å². The quantitative estimate of drug-likeness (QED) is 0.907. The zero-order valence-electron chi connectivity index (χ0n) is 12.2. The number of carbonyl (C=O) groups is 2. The molecule has 6 heteroatoms. The molecule has 0 spiro atoms. The molecule has 114 valence electrons. The molecule has 2 heterocycles. The second-order valence-corrected chi connectivity index (χ2v) is 5.51. The average molecular weight is 299 g/mol. The first-order valence-electron chi connectivity index (χ1n) is 7.22. The van der Waals surface area contributed by atoms with Crippen molar-refractivity contribution in [3.8, 4) is 11.3 Å². The highest BCUT2D eigenvalue weighted by Crippen LogP contribution is 2.26. The summed E-state index contributed by atoms with van der Waals surface area (Å²) in [7, 11) is 0. The minimum absolute atomic E-state index is 0.203. The van der Waals surface area contributed by atoms with Crippen LogP contribution < -0.4 is 0 Å². The number of hydrogen-bond donors (Lipinski definition) is 2. The summed E-state index contributed by atoms with van der Waals surface area (Å²) in [5.41, 5.74) is 2.01. The molecule has 1 aromatic heterocycles. The zero-order chi connectivity index (χ0) is 15.7. The fraction of sp³-hybridized carbons (Fsp3) is 0.312. The Bertz CT molecular complexity index is 696. The van der Waals surface area contributed by atoms with Gasteiger partial charge in [-0.25, -0.2) is 0 Å². The second kappa shape index (κ2) is 5.63. The average Bonchev–Trinajstić information content (AvgIpc) is 3.14. The molecule has 3 rings (SSSR count). The number of amides is 1. The van der Waals surface area contributed by atoms with Crippen molar-refractivity contribution in [1.82, 2.24) is 15.1 Å². The summed E-state index contributed by atoms with van der Waals surface area (Å²) in [5, 5.41) is 16.1. The number of benzene rings is 1. The summed E-state index contributed by atoms with van der Waals surface area (Å²) < 4.78 is 0. The highest BCUT2D eigenvalue weighted by atomic mass is 16.4. The van der Waals surface area contributed by atoms with Crippen molar-refractivity contribution >= 4 is 11.9 Å². The van der Waals surface area contributed by atoms with Crippen LogP contribution in [-0.4, -0.2) is 44.7 Å². The highest BCUT2D eigenvalue weighted by molar-refractivity contribution is 5.94. The fourth-order valence-electron chi connectivity index (χ4n) is 2.90. The molecule has 0 aliphatic carbocycles. The lowest BCUT2D eigenvalue weighted by Crippen LogP contribution is -2.37. The van der Waals surface area contributed by atoms with E-state index in [9.17, 15) is 9.59 Å². The first-order chi connectivity index (χ1) is 10.6. The van der Waals surface area contributed by atoms with Crippen LogP contribution in [0, 0.1) is 5.92 Å². The van der Waals surface area contributed by atoms with Gasteiger partial charge in [-0.05, 0) is 19.4 Å².